The first kappa shape index (κ1) is 15.5. The molecule has 0 bridgehead atoms. The van der Waals surface area contributed by atoms with Gasteiger partial charge >= 0.3 is 6.36 Å². The van der Waals surface area contributed by atoms with Crippen LogP contribution in [-0.4, -0.2) is 13.0 Å². The van der Waals surface area contributed by atoms with Gasteiger partial charge in [0.05, 0.1) is 6.61 Å². The molecule has 2 aromatic carbocycles. The molecule has 0 amide bonds. The van der Waals surface area contributed by atoms with Gasteiger partial charge in [-0.15, -0.1) is 13.2 Å². The molecule has 0 atom stereocenters. The van der Waals surface area contributed by atoms with Gasteiger partial charge in [0.25, 0.3) is 0 Å². The SMILES string of the molecule is Nc1ccccc1-c1ccc(OC(F)(F)F)c(OCC2CC2)c1. The second kappa shape index (κ2) is 6.02. The molecule has 122 valence electrons. The predicted molar refractivity (Wildman–Crippen MR) is 81.2 cm³/mol. The normalized spacial score (nSPS) is 14.6. The van der Waals surface area contributed by atoms with E-state index in [1.54, 1.807) is 18.2 Å². The van der Waals surface area contributed by atoms with Crippen LogP contribution in [-0.2, 0) is 0 Å². The Balaban J connectivity index is 1.93. The Morgan fingerprint density at radius 1 is 1.04 bits per heavy atom. The van der Waals surface area contributed by atoms with Crippen LogP contribution in [0.15, 0.2) is 42.5 Å². The molecule has 0 radical (unpaired) electrons. The Labute approximate surface area is 131 Å². The topological polar surface area (TPSA) is 44.5 Å². The fourth-order valence-corrected chi connectivity index (χ4v) is 2.25. The molecule has 0 aliphatic heterocycles. The first-order valence-corrected chi connectivity index (χ1v) is 7.30. The Kier molecular flexibility index (Phi) is 4.07. The van der Waals surface area contributed by atoms with E-state index in [9.17, 15) is 13.2 Å². The maximum absolute atomic E-state index is 12.5. The van der Waals surface area contributed by atoms with E-state index >= 15 is 0 Å². The summed E-state index contributed by atoms with van der Waals surface area (Å²) in [5, 5.41) is 0. The smallest absolute Gasteiger partial charge is 0.489 e. The molecule has 0 heterocycles. The fraction of sp³-hybridized carbons (Fsp3) is 0.294. The van der Waals surface area contributed by atoms with Crippen molar-refractivity contribution in [3.63, 3.8) is 0 Å². The number of halogens is 3. The monoisotopic (exact) mass is 323 g/mol. The molecule has 3 nitrogen and oxygen atoms in total. The third-order valence-corrected chi connectivity index (χ3v) is 3.61. The number of alkyl halides is 3. The summed E-state index contributed by atoms with van der Waals surface area (Å²) >= 11 is 0. The van der Waals surface area contributed by atoms with Gasteiger partial charge < -0.3 is 15.2 Å². The van der Waals surface area contributed by atoms with Crippen LogP contribution in [0.25, 0.3) is 11.1 Å². The highest BCUT2D eigenvalue weighted by molar-refractivity contribution is 5.77. The zero-order valence-electron chi connectivity index (χ0n) is 12.3. The van der Waals surface area contributed by atoms with E-state index < -0.39 is 6.36 Å². The lowest BCUT2D eigenvalue weighted by molar-refractivity contribution is -0.275. The van der Waals surface area contributed by atoms with Gasteiger partial charge in [-0.3, -0.25) is 0 Å². The first-order chi connectivity index (χ1) is 10.9. The van der Waals surface area contributed by atoms with Crippen LogP contribution in [0.4, 0.5) is 18.9 Å². The third-order valence-electron chi connectivity index (χ3n) is 3.61. The van der Waals surface area contributed by atoms with Crippen LogP contribution in [0.2, 0.25) is 0 Å². The second-order valence-electron chi connectivity index (χ2n) is 5.55. The van der Waals surface area contributed by atoms with Crippen molar-refractivity contribution in [3.05, 3.63) is 42.5 Å². The van der Waals surface area contributed by atoms with Gasteiger partial charge in [0.2, 0.25) is 0 Å². The van der Waals surface area contributed by atoms with E-state index in [1.807, 2.05) is 6.07 Å². The highest BCUT2D eigenvalue weighted by Crippen LogP contribution is 2.38. The predicted octanol–water partition coefficient (Wildman–Crippen LogP) is 4.62. The zero-order chi connectivity index (χ0) is 16.4. The molecule has 3 rings (SSSR count). The lowest BCUT2D eigenvalue weighted by Gasteiger charge is -2.16. The Morgan fingerprint density at radius 2 is 1.78 bits per heavy atom. The summed E-state index contributed by atoms with van der Waals surface area (Å²) in [6.07, 6.45) is -2.67. The highest BCUT2D eigenvalue weighted by Gasteiger charge is 2.33. The Hall–Kier alpha value is -2.37. The zero-order valence-corrected chi connectivity index (χ0v) is 12.3. The summed E-state index contributed by atoms with van der Waals surface area (Å²) < 4.78 is 47.2. The molecule has 2 N–H and O–H groups in total. The molecule has 23 heavy (non-hydrogen) atoms. The standard InChI is InChI=1S/C17H16F3NO2/c18-17(19,20)23-15-8-7-12(13-3-1-2-4-14(13)21)9-16(15)22-10-11-5-6-11/h1-4,7-9,11H,5-6,10,21H2. The average Bonchev–Trinajstić information content (AvgIpc) is 3.29. The second-order valence-corrected chi connectivity index (χ2v) is 5.55. The summed E-state index contributed by atoms with van der Waals surface area (Å²) in [5.74, 6) is 0.158. The van der Waals surface area contributed by atoms with Crippen molar-refractivity contribution < 1.29 is 22.6 Å². The molecular formula is C17H16F3NO2. The molecular weight excluding hydrogens is 307 g/mol. The van der Waals surface area contributed by atoms with E-state index in [4.69, 9.17) is 10.5 Å². The number of nitrogen functional groups attached to an aromatic ring is 1. The van der Waals surface area contributed by atoms with Crippen LogP contribution in [0.1, 0.15) is 12.8 Å². The van der Waals surface area contributed by atoms with Crippen LogP contribution in [0.3, 0.4) is 0 Å². The van der Waals surface area contributed by atoms with Gasteiger partial charge in [0, 0.05) is 11.3 Å². The Bertz CT molecular complexity index is 696. The van der Waals surface area contributed by atoms with E-state index in [-0.39, 0.29) is 11.5 Å². The molecule has 1 fully saturated rings. The van der Waals surface area contributed by atoms with Crippen molar-refractivity contribution in [2.45, 2.75) is 19.2 Å². The summed E-state index contributed by atoms with van der Waals surface area (Å²) in [5.41, 5.74) is 7.89. The van der Waals surface area contributed by atoms with Gasteiger partial charge in [-0.25, -0.2) is 0 Å². The highest BCUT2D eigenvalue weighted by atomic mass is 19.4. The summed E-state index contributed by atoms with van der Waals surface area (Å²) in [4.78, 5) is 0. The molecule has 6 heteroatoms. The van der Waals surface area contributed by atoms with E-state index in [0.29, 0.717) is 23.8 Å². The maximum Gasteiger partial charge on any atom is 0.573 e. The number of anilines is 1. The van der Waals surface area contributed by atoms with Gasteiger partial charge in [0.15, 0.2) is 11.5 Å². The lowest BCUT2D eigenvalue weighted by atomic mass is 10.0. The van der Waals surface area contributed by atoms with Crippen LogP contribution >= 0.6 is 0 Å². The summed E-state index contributed by atoms with van der Waals surface area (Å²) in [6.45, 7) is 0.391. The Morgan fingerprint density at radius 3 is 2.43 bits per heavy atom. The van der Waals surface area contributed by atoms with Gasteiger partial charge in [-0.05, 0) is 42.5 Å². The van der Waals surface area contributed by atoms with E-state index in [1.165, 1.54) is 18.2 Å². The minimum atomic E-state index is -4.76. The van der Waals surface area contributed by atoms with Crippen molar-refractivity contribution in [1.82, 2.24) is 0 Å². The minimum Gasteiger partial charge on any atom is -0.489 e. The molecule has 0 aromatic heterocycles. The quantitative estimate of drug-likeness (QED) is 0.816. The number of para-hydroxylation sites is 1. The van der Waals surface area contributed by atoms with Gasteiger partial charge in [-0.1, -0.05) is 24.3 Å². The first-order valence-electron chi connectivity index (χ1n) is 7.30. The van der Waals surface area contributed by atoms with Crippen molar-refractivity contribution >= 4 is 5.69 Å². The number of hydrogen-bond acceptors (Lipinski definition) is 3. The van der Waals surface area contributed by atoms with Gasteiger partial charge in [-0.2, -0.15) is 0 Å². The van der Waals surface area contributed by atoms with E-state index in [2.05, 4.69) is 4.74 Å². The summed E-state index contributed by atoms with van der Waals surface area (Å²) in [7, 11) is 0. The average molecular weight is 323 g/mol. The molecule has 0 spiro atoms. The number of hydrogen-bond donors (Lipinski definition) is 1. The van der Waals surface area contributed by atoms with Crippen LogP contribution in [0, 0.1) is 5.92 Å². The van der Waals surface area contributed by atoms with Crippen molar-refractivity contribution in [3.8, 4) is 22.6 Å². The molecule has 1 aliphatic rings. The molecule has 0 saturated heterocycles. The minimum absolute atomic E-state index is 0.0787. The maximum atomic E-state index is 12.5. The number of benzene rings is 2. The van der Waals surface area contributed by atoms with Crippen molar-refractivity contribution in [1.29, 1.82) is 0 Å². The molecule has 1 saturated carbocycles. The number of ether oxygens (including phenoxy) is 2. The fourth-order valence-electron chi connectivity index (χ4n) is 2.25. The lowest BCUT2D eigenvalue weighted by Crippen LogP contribution is -2.18. The van der Waals surface area contributed by atoms with Gasteiger partial charge in [0.1, 0.15) is 0 Å². The summed E-state index contributed by atoms with van der Waals surface area (Å²) in [6, 6.07) is 11.5. The van der Waals surface area contributed by atoms with Crippen LogP contribution in [0.5, 0.6) is 11.5 Å². The molecule has 2 aromatic rings. The van der Waals surface area contributed by atoms with Crippen molar-refractivity contribution in [2.24, 2.45) is 5.92 Å². The number of nitrogens with two attached hydrogens (primary N) is 1. The molecule has 0 unspecified atom stereocenters. The van der Waals surface area contributed by atoms with Crippen molar-refractivity contribution in [2.75, 3.05) is 12.3 Å². The van der Waals surface area contributed by atoms with Crippen LogP contribution < -0.4 is 15.2 Å². The molecule has 1 aliphatic carbocycles. The van der Waals surface area contributed by atoms with E-state index in [0.717, 1.165) is 18.4 Å². The largest absolute Gasteiger partial charge is 0.573 e. The number of rotatable bonds is 5. The third kappa shape index (κ3) is 4.09.